The summed E-state index contributed by atoms with van der Waals surface area (Å²) in [4.78, 5) is 31.0. The molecule has 3 rings (SSSR count). The van der Waals surface area contributed by atoms with Gasteiger partial charge in [-0.2, -0.15) is 0 Å². The van der Waals surface area contributed by atoms with E-state index in [0.29, 0.717) is 34.3 Å². The summed E-state index contributed by atoms with van der Waals surface area (Å²) in [5.74, 6) is -1.04. The lowest BCUT2D eigenvalue weighted by Crippen LogP contribution is -2.40. The van der Waals surface area contributed by atoms with Crippen LogP contribution in [0.25, 0.3) is 0 Å². The molecule has 1 aliphatic rings. The van der Waals surface area contributed by atoms with E-state index in [2.05, 4.69) is 11.6 Å². The Morgan fingerprint density at radius 3 is 2.93 bits per heavy atom. The molecule has 0 fully saturated rings. The van der Waals surface area contributed by atoms with Crippen LogP contribution in [0, 0.1) is 0 Å². The second-order valence-electron chi connectivity index (χ2n) is 6.83. The number of anilines is 1. The fourth-order valence-electron chi connectivity index (χ4n) is 3.41. The van der Waals surface area contributed by atoms with Crippen molar-refractivity contribution in [1.82, 2.24) is 4.98 Å². The SMILES string of the molecule is C=CC[C@H]1O[C@H](Cc2ncc(CC(=O)O)s2)C(=O)N(CCC)c2ccc(Cl)cc21. The lowest BCUT2D eigenvalue weighted by molar-refractivity contribution is -0.136. The van der Waals surface area contributed by atoms with Crippen molar-refractivity contribution in [3.05, 3.63) is 57.5 Å². The van der Waals surface area contributed by atoms with Crippen LogP contribution >= 0.6 is 22.9 Å². The molecule has 154 valence electrons. The third kappa shape index (κ3) is 5.04. The molecule has 1 aliphatic heterocycles. The number of aliphatic carboxylic acids is 1. The van der Waals surface area contributed by atoms with Crippen LogP contribution < -0.4 is 4.90 Å². The highest BCUT2D eigenvalue weighted by Gasteiger charge is 2.35. The summed E-state index contributed by atoms with van der Waals surface area (Å²) in [6.45, 7) is 6.40. The minimum absolute atomic E-state index is 0.0812. The average molecular weight is 435 g/mol. The Bertz CT molecular complexity index is 914. The van der Waals surface area contributed by atoms with Gasteiger partial charge < -0.3 is 14.7 Å². The van der Waals surface area contributed by atoms with Crippen molar-refractivity contribution in [2.24, 2.45) is 0 Å². The Morgan fingerprint density at radius 1 is 1.45 bits per heavy atom. The molecular formula is C21H23ClN2O4S. The molecule has 0 unspecified atom stereocenters. The Hall–Kier alpha value is -2.22. The molecule has 0 spiro atoms. The molecule has 0 bridgehead atoms. The van der Waals surface area contributed by atoms with Gasteiger partial charge in [0.05, 0.1) is 17.5 Å². The van der Waals surface area contributed by atoms with Gasteiger partial charge in [-0.3, -0.25) is 9.59 Å². The van der Waals surface area contributed by atoms with Gasteiger partial charge in [0.1, 0.15) is 6.10 Å². The van der Waals surface area contributed by atoms with Crippen molar-refractivity contribution in [2.75, 3.05) is 11.4 Å². The number of carbonyl (C=O) groups excluding carboxylic acids is 1. The predicted octanol–water partition coefficient (Wildman–Crippen LogP) is 4.43. The lowest BCUT2D eigenvalue weighted by atomic mass is 10.0. The first-order valence-electron chi connectivity index (χ1n) is 9.45. The van der Waals surface area contributed by atoms with Crippen LogP contribution in [0.5, 0.6) is 0 Å². The number of fused-ring (bicyclic) bond motifs is 1. The molecule has 0 aliphatic carbocycles. The van der Waals surface area contributed by atoms with E-state index in [0.717, 1.165) is 17.7 Å². The maximum Gasteiger partial charge on any atom is 0.308 e. The first-order valence-corrected chi connectivity index (χ1v) is 10.6. The molecule has 0 saturated carbocycles. The molecule has 1 amide bonds. The summed E-state index contributed by atoms with van der Waals surface area (Å²) in [5.41, 5.74) is 1.67. The molecule has 1 aromatic carbocycles. The average Bonchev–Trinajstić information content (AvgIpc) is 3.07. The fourth-order valence-corrected chi connectivity index (χ4v) is 4.53. The molecule has 2 heterocycles. The molecule has 0 radical (unpaired) electrons. The second-order valence-corrected chi connectivity index (χ2v) is 8.46. The number of carboxylic acid groups (broad SMARTS) is 1. The number of carbonyl (C=O) groups is 2. The minimum Gasteiger partial charge on any atom is -0.481 e. The highest BCUT2D eigenvalue weighted by atomic mass is 35.5. The number of rotatable bonds is 8. The molecule has 2 atom stereocenters. The second kappa shape index (κ2) is 9.52. The van der Waals surface area contributed by atoms with E-state index in [9.17, 15) is 9.59 Å². The van der Waals surface area contributed by atoms with Crippen LogP contribution in [-0.4, -0.2) is 34.6 Å². The molecular weight excluding hydrogens is 412 g/mol. The molecule has 2 aromatic rings. The van der Waals surface area contributed by atoms with Crippen molar-refractivity contribution < 1.29 is 19.4 Å². The Morgan fingerprint density at radius 2 is 2.24 bits per heavy atom. The van der Waals surface area contributed by atoms with Crippen LogP contribution in [0.2, 0.25) is 5.02 Å². The monoisotopic (exact) mass is 434 g/mol. The van der Waals surface area contributed by atoms with Crippen LogP contribution in [0.3, 0.4) is 0 Å². The smallest absolute Gasteiger partial charge is 0.308 e. The van der Waals surface area contributed by atoms with E-state index in [-0.39, 0.29) is 18.4 Å². The maximum absolute atomic E-state index is 13.3. The van der Waals surface area contributed by atoms with Gasteiger partial charge in [0.25, 0.3) is 5.91 Å². The Balaban J connectivity index is 1.94. The number of nitrogens with zero attached hydrogens (tertiary/aromatic N) is 2. The van der Waals surface area contributed by atoms with Crippen LogP contribution in [0.4, 0.5) is 5.69 Å². The number of hydrogen-bond acceptors (Lipinski definition) is 5. The topological polar surface area (TPSA) is 79.7 Å². The summed E-state index contributed by atoms with van der Waals surface area (Å²) >= 11 is 7.52. The lowest BCUT2D eigenvalue weighted by Gasteiger charge is -2.24. The van der Waals surface area contributed by atoms with E-state index < -0.39 is 12.1 Å². The van der Waals surface area contributed by atoms with Crippen LogP contribution in [-0.2, 0) is 27.2 Å². The van der Waals surface area contributed by atoms with Gasteiger partial charge in [-0.05, 0) is 31.0 Å². The molecule has 8 heteroatoms. The number of thiazole rings is 1. The van der Waals surface area contributed by atoms with Crippen LogP contribution in [0.1, 0.15) is 41.3 Å². The summed E-state index contributed by atoms with van der Waals surface area (Å²) in [7, 11) is 0. The highest BCUT2D eigenvalue weighted by Crippen LogP contribution is 2.38. The standard InChI is InChI=1S/C21H23ClN2O4S/c1-3-5-17-15-9-13(22)6-7-16(15)24(8-4-2)21(27)18(28-17)11-19-23-12-14(29-19)10-20(25)26/h3,6-7,9,12,17-18H,1,4-5,8,10-11H2,2H3,(H,25,26)/t17-,18-/m1/s1. The largest absolute Gasteiger partial charge is 0.481 e. The summed E-state index contributed by atoms with van der Waals surface area (Å²) in [6.07, 6.45) is 3.79. The number of amides is 1. The number of carboxylic acids is 1. The number of hydrogen-bond donors (Lipinski definition) is 1. The zero-order chi connectivity index (χ0) is 21.0. The van der Waals surface area contributed by atoms with Crippen molar-refractivity contribution in [1.29, 1.82) is 0 Å². The van der Waals surface area contributed by atoms with Gasteiger partial charge in [-0.25, -0.2) is 4.98 Å². The molecule has 1 N–H and O–H groups in total. The zero-order valence-corrected chi connectivity index (χ0v) is 17.7. The number of ether oxygens (including phenoxy) is 1. The number of halogens is 1. The predicted molar refractivity (Wildman–Crippen MR) is 114 cm³/mol. The van der Waals surface area contributed by atoms with E-state index in [4.69, 9.17) is 21.4 Å². The van der Waals surface area contributed by atoms with Gasteiger partial charge in [-0.15, -0.1) is 17.9 Å². The van der Waals surface area contributed by atoms with Gasteiger partial charge in [-0.1, -0.05) is 24.6 Å². The van der Waals surface area contributed by atoms with Crippen molar-refractivity contribution in [3.63, 3.8) is 0 Å². The molecule has 1 aromatic heterocycles. The van der Waals surface area contributed by atoms with Crippen molar-refractivity contribution >= 4 is 40.5 Å². The molecule has 0 saturated heterocycles. The first-order chi connectivity index (χ1) is 13.9. The Labute approximate surface area is 178 Å². The van der Waals surface area contributed by atoms with E-state index in [1.807, 2.05) is 19.1 Å². The summed E-state index contributed by atoms with van der Waals surface area (Å²) in [5, 5.41) is 10.2. The number of benzene rings is 1. The summed E-state index contributed by atoms with van der Waals surface area (Å²) < 4.78 is 6.25. The normalized spacial score (nSPS) is 19.0. The maximum atomic E-state index is 13.3. The Kier molecular flexibility index (Phi) is 7.05. The van der Waals surface area contributed by atoms with Crippen molar-refractivity contribution in [2.45, 2.75) is 44.8 Å². The minimum atomic E-state index is -0.908. The van der Waals surface area contributed by atoms with E-state index in [1.165, 1.54) is 11.3 Å². The molecule has 6 nitrogen and oxygen atoms in total. The van der Waals surface area contributed by atoms with E-state index >= 15 is 0 Å². The van der Waals surface area contributed by atoms with E-state index in [1.54, 1.807) is 23.2 Å². The van der Waals surface area contributed by atoms with Gasteiger partial charge in [0, 0.05) is 40.3 Å². The van der Waals surface area contributed by atoms with Gasteiger partial charge in [0.15, 0.2) is 0 Å². The fraction of sp³-hybridized carbons (Fsp3) is 0.381. The van der Waals surface area contributed by atoms with Gasteiger partial charge >= 0.3 is 5.97 Å². The van der Waals surface area contributed by atoms with Gasteiger partial charge in [0.2, 0.25) is 0 Å². The molecule has 29 heavy (non-hydrogen) atoms. The summed E-state index contributed by atoms with van der Waals surface area (Å²) in [6, 6.07) is 5.49. The third-order valence-electron chi connectivity index (χ3n) is 4.61. The van der Waals surface area contributed by atoms with Crippen LogP contribution in [0.15, 0.2) is 37.1 Å². The number of aromatic nitrogens is 1. The zero-order valence-electron chi connectivity index (χ0n) is 16.1. The van der Waals surface area contributed by atoms with Crippen molar-refractivity contribution in [3.8, 4) is 0 Å². The third-order valence-corrected chi connectivity index (χ3v) is 5.87. The quantitative estimate of drug-likeness (QED) is 0.622. The highest BCUT2D eigenvalue weighted by molar-refractivity contribution is 7.11. The first kappa shape index (κ1) is 21.5.